The van der Waals surface area contributed by atoms with E-state index in [0.29, 0.717) is 18.7 Å². The fourth-order valence-electron chi connectivity index (χ4n) is 2.24. The molecule has 0 radical (unpaired) electrons. The van der Waals surface area contributed by atoms with Crippen LogP contribution in [-0.2, 0) is 4.79 Å². The maximum absolute atomic E-state index is 12.5. The van der Waals surface area contributed by atoms with Gasteiger partial charge in [0.05, 0.1) is 5.75 Å². The molecule has 2 amide bonds. The number of hydrogen-bond acceptors (Lipinski definition) is 4. The molecule has 0 bridgehead atoms. The number of hydrogen-bond donors (Lipinski definition) is 2. The quantitative estimate of drug-likeness (QED) is 0.391. The van der Waals surface area contributed by atoms with Crippen molar-refractivity contribution < 1.29 is 9.59 Å². The Labute approximate surface area is 144 Å². The van der Waals surface area contributed by atoms with Gasteiger partial charge in [-0.15, -0.1) is 0 Å². The molecule has 0 saturated carbocycles. The molecule has 1 aromatic rings. The number of thiol groups is 1. The Kier molecular flexibility index (Phi) is 9.40. The molecular formula is C17H27N3O2S. The fourth-order valence-corrected chi connectivity index (χ4v) is 2.35. The van der Waals surface area contributed by atoms with E-state index in [1.54, 1.807) is 5.01 Å². The lowest BCUT2D eigenvalue weighted by molar-refractivity contribution is -0.118. The molecule has 0 saturated heterocycles. The van der Waals surface area contributed by atoms with Gasteiger partial charge in [-0.1, -0.05) is 31.0 Å². The molecule has 23 heavy (non-hydrogen) atoms. The molecule has 0 fully saturated rings. The van der Waals surface area contributed by atoms with Gasteiger partial charge in [0, 0.05) is 32.7 Å². The third-order valence-electron chi connectivity index (χ3n) is 3.50. The van der Waals surface area contributed by atoms with Crippen molar-refractivity contribution in [1.29, 1.82) is 0 Å². The summed E-state index contributed by atoms with van der Waals surface area (Å²) in [5.41, 5.74) is 0.704. The van der Waals surface area contributed by atoms with Gasteiger partial charge in [0.1, 0.15) is 0 Å². The van der Waals surface area contributed by atoms with E-state index < -0.39 is 0 Å². The Morgan fingerprint density at radius 3 is 2.30 bits per heavy atom. The summed E-state index contributed by atoms with van der Waals surface area (Å²) in [6.07, 6.45) is 3.96. The van der Waals surface area contributed by atoms with Crippen molar-refractivity contribution in [3.05, 3.63) is 35.9 Å². The molecule has 0 atom stereocenters. The summed E-state index contributed by atoms with van der Waals surface area (Å²) in [4.78, 5) is 23.5. The standard InChI is InChI=1S/C17H27N3O2S/c1-19(2)20(17(22)15-10-6-5-7-11-15)13-9-4-3-8-12-18-16(21)14-23/h5-7,10-11,23H,3-4,8-9,12-14H2,1-2H3,(H,18,21). The van der Waals surface area contributed by atoms with Crippen LogP contribution in [0.2, 0.25) is 0 Å². The van der Waals surface area contributed by atoms with Gasteiger partial charge in [0.25, 0.3) is 5.91 Å². The molecule has 6 heteroatoms. The van der Waals surface area contributed by atoms with Gasteiger partial charge in [-0.2, -0.15) is 12.6 Å². The van der Waals surface area contributed by atoms with Crippen LogP contribution in [0.3, 0.4) is 0 Å². The molecule has 0 aromatic heterocycles. The third-order valence-corrected chi connectivity index (χ3v) is 3.79. The Hall–Kier alpha value is -1.53. The number of nitrogens with zero attached hydrogens (tertiary/aromatic N) is 2. The monoisotopic (exact) mass is 337 g/mol. The van der Waals surface area contributed by atoms with Crippen molar-refractivity contribution in [3.8, 4) is 0 Å². The second kappa shape index (κ2) is 11.1. The van der Waals surface area contributed by atoms with Crippen LogP contribution < -0.4 is 5.32 Å². The van der Waals surface area contributed by atoms with Gasteiger partial charge < -0.3 is 5.32 Å². The van der Waals surface area contributed by atoms with E-state index in [0.717, 1.165) is 25.7 Å². The van der Waals surface area contributed by atoms with Crippen LogP contribution in [-0.4, -0.2) is 54.8 Å². The summed E-state index contributed by atoms with van der Waals surface area (Å²) in [7, 11) is 3.77. The van der Waals surface area contributed by atoms with Crippen molar-refractivity contribution in [1.82, 2.24) is 15.3 Å². The van der Waals surface area contributed by atoms with E-state index in [1.807, 2.05) is 49.4 Å². The highest BCUT2D eigenvalue weighted by molar-refractivity contribution is 7.81. The van der Waals surface area contributed by atoms with E-state index in [1.165, 1.54) is 0 Å². The average molecular weight is 337 g/mol. The number of hydrazine groups is 1. The minimum absolute atomic E-state index is 0.0247. The predicted octanol–water partition coefficient (Wildman–Crippen LogP) is 2.21. The zero-order chi connectivity index (χ0) is 17.1. The maximum atomic E-state index is 12.5. The normalized spacial score (nSPS) is 10.6. The molecule has 0 unspecified atom stereocenters. The second-order valence-corrected chi connectivity index (χ2v) is 5.88. The Morgan fingerprint density at radius 1 is 1.04 bits per heavy atom. The molecule has 1 N–H and O–H groups in total. The number of benzene rings is 1. The fraction of sp³-hybridized carbons (Fsp3) is 0.529. The molecule has 0 aliphatic carbocycles. The highest BCUT2D eigenvalue weighted by atomic mass is 32.1. The lowest BCUT2D eigenvalue weighted by atomic mass is 10.1. The van der Waals surface area contributed by atoms with Crippen molar-refractivity contribution >= 4 is 24.4 Å². The van der Waals surface area contributed by atoms with Gasteiger partial charge in [0.2, 0.25) is 5.91 Å². The number of unbranched alkanes of at least 4 members (excludes halogenated alkanes) is 3. The summed E-state index contributed by atoms with van der Waals surface area (Å²) in [6.45, 7) is 1.39. The molecule has 128 valence electrons. The van der Waals surface area contributed by atoms with Crippen molar-refractivity contribution in [2.45, 2.75) is 25.7 Å². The minimum Gasteiger partial charge on any atom is -0.355 e. The Morgan fingerprint density at radius 2 is 1.70 bits per heavy atom. The van der Waals surface area contributed by atoms with Gasteiger partial charge >= 0.3 is 0 Å². The molecule has 1 rings (SSSR count). The smallest absolute Gasteiger partial charge is 0.268 e. The van der Waals surface area contributed by atoms with Gasteiger partial charge in [-0.3, -0.25) is 14.6 Å². The zero-order valence-electron chi connectivity index (χ0n) is 14.0. The minimum atomic E-state index is -0.0272. The highest BCUT2D eigenvalue weighted by Gasteiger charge is 2.16. The summed E-state index contributed by atoms with van der Waals surface area (Å²) in [6, 6.07) is 9.33. The number of amides is 2. The van der Waals surface area contributed by atoms with Crippen LogP contribution in [0, 0.1) is 0 Å². The third kappa shape index (κ3) is 7.52. The number of rotatable bonds is 10. The highest BCUT2D eigenvalue weighted by Crippen LogP contribution is 2.08. The summed E-state index contributed by atoms with van der Waals surface area (Å²) < 4.78 is 0. The number of nitrogens with one attached hydrogen (secondary N) is 1. The first-order chi connectivity index (χ1) is 11.1. The average Bonchev–Trinajstić information content (AvgIpc) is 2.57. The number of carbonyl (C=O) groups excluding carboxylic acids is 2. The second-order valence-electron chi connectivity index (χ2n) is 5.56. The van der Waals surface area contributed by atoms with Crippen LogP contribution in [0.4, 0.5) is 0 Å². The van der Waals surface area contributed by atoms with E-state index in [2.05, 4.69) is 17.9 Å². The molecule has 0 heterocycles. The van der Waals surface area contributed by atoms with Gasteiger partial charge in [-0.25, -0.2) is 5.01 Å². The van der Waals surface area contributed by atoms with Crippen LogP contribution in [0.25, 0.3) is 0 Å². The van der Waals surface area contributed by atoms with Gasteiger partial charge in [-0.05, 0) is 25.0 Å². The zero-order valence-corrected chi connectivity index (χ0v) is 14.9. The predicted molar refractivity (Wildman–Crippen MR) is 96.5 cm³/mol. The first kappa shape index (κ1) is 19.5. The Balaban J connectivity index is 2.29. The summed E-state index contributed by atoms with van der Waals surface area (Å²) in [5.74, 6) is 0.233. The van der Waals surface area contributed by atoms with Gasteiger partial charge in [0.15, 0.2) is 0 Å². The molecule has 0 spiro atoms. The van der Waals surface area contributed by atoms with E-state index in [4.69, 9.17) is 0 Å². The van der Waals surface area contributed by atoms with E-state index in [-0.39, 0.29) is 17.6 Å². The topological polar surface area (TPSA) is 52.6 Å². The number of carbonyl (C=O) groups is 2. The first-order valence-electron chi connectivity index (χ1n) is 7.98. The molecule has 1 aromatic carbocycles. The first-order valence-corrected chi connectivity index (χ1v) is 8.61. The van der Waals surface area contributed by atoms with E-state index in [9.17, 15) is 9.59 Å². The lowest BCUT2D eigenvalue weighted by Crippen LogP contribution is -2.42. The van der Waals surface area contributed by atoms with Crippen LogP contribution >= 0.6 is 12.6 Å². The SMILES string of the molecule is CN(C)N(CCCCCCNC(=O)CS)C(=O)c1ccccc1. The summed E-state index contributed by atoms with van der Waals surface area (Å²) >= 11 is 3.91. The Bertz CT molecular complexity index is 480. The summed E-state index contributed by atoms with van der Waals surface area (Å²) in [5, 5.41) is 6.40. The van der Waals surface area contributed by atoms with Crippen molar-refractivity contribution in [2.75, 3.05) is 32.9 Å². The molecule has 5 nitrogen and oxygen atoms in total. The molecule has 0 aliphatic heterocycles. The van der Waals surface area contributed by atoms with Crippen molar-refractivity contribution in [3.63, 3.8) is 0 Å². The van der Waals surface area contributed by atoms with E-state index >= 15 is 0 Å². The molecule has 0 aliphatic rings. The van der Waals surface area contributed by atoms with Crippen molar-refractivity contribution in [2.24, 2.45) is 0 Å². The van der Waals surface area contributed by atoms with Crippen LogP contribution in [0.5, 0.6) is 0 Å². The largest absolute Gasteiger partial charge is 0.355 e. The van der Waals surface area contributed by atoms with Crippen LogP contribution in [0.1, 0.15) is 36.0 Å². The molecular weight excluding hydrogens is 310 g/mol. The van der Waals surface area contributed by atoms with Crippen LogP contribution in [0.15, 0.2) is 30.3 Å². The maximum Gasteiger partial charge on any atom is 0.268 e. The lowest BCUT2D eigenvalue weighted by Gasteiger charge is -2.29.